The van der Waals surface area contributed by atoms with Gasteiger partial charge in [0.05, 0.1) is 21.5 Å². The third-order valence-electron chi connectivity index (χ3n) is 5.07. The summed E-state index contributed by atoms with van der Waals surface area (Å²) in [4.78, 5) is 51.6. The molecule has 1 aromatic carbocycles. The molecule has 0 radical (unpaired) electrons. The lowest BCUT2D eigenvalue weighted by Gasteiger charge is -2.27. The molecule has 1 saturated heterocycles. The van der Waals surface area contributed by atoms with E-state index in [1.165, 1.54) is 17.0 Å². The maximum Gasteiger partial charge on any atom is 0.261 e. The minimum absolute atomic E-state index is 0.0847. The second kappa shape index (κ2) is 11.1. The van der Waals surface area contributed by atoms with Gasteiger partial charge in [0.2, 0.25) is 11.8 Å². The van der Waals surface area contributed by atoms with Crippen LogP contribution in [0, 0.1) is 11.2 Å². The Bertz CT molecular complexity index is 1130. The van der Waals surface area contributed by atoms with Crippen molar-refractivity contribution in [1.82, 2.24) is 10.6 Å². The van der Waals surface area contributed by atoms with Gasteiger partial charge in [0.25, 0.3) is 11.8 Å². The number of anilines is 2. The highest BCUT2D eigenvalue weighted by molar-refractivity contribution is 7.18. The van der Waals surface area contributed by atoms with Crippen LogP contribution in [0.15, 0.2) is 30.3 Å². The van der Waals surface area contributed by atoms with Crippen LogP contribution < -0.4 is 20.9 Å². The normalized spacial score (nSPS) is 14.9. The predicted octanol–water partition coefficient (Wildman–Crippen LogP) is 2.80. The van der Waals surface area contributed by atoms with E-state index in [2.05, 4.69) is 16.0 Å². The summed E-state index contributed by atoms with van der Waals surface area (Å²) < 4.78 is 20.3. The number of rotatable bonds is 7. The summed E-state index contributed by atoms with van der Waals surface area (Å²) in [7, 11) is 0. The average Bonchev–Trinajstić information content (AvgIpc) is 3.23. The molecule has 1 atom stereocenters. The van der Waals surface area contributed by atoms with Crippen molar-refractivity contribution in [3.05, 3.63) is 45.4 Å². The highest BCUT2D eigenvalue weighted by atomic mass is 35.5. The van der Waals surface area contributed by atoms with Gasteiger partial charge in [-0.1, -0.05) is 32.4 Å². The van der Waals surface area contributed by atoms with E-state index in [0.29, 0.717) is 28.1 Å². The molecule has 1 aliphatic heterocycles. The van der Waals surface area contributed by atoms with Gasteiger partial charge in [0.15, 0.2) is 0 Å². The van der Waals surface area contributed by atoms with Gasteiger partial charge < -0.3 is 25.6 Å². The second-order valence-corrected chi connectivity index (χ2v) is 10.6. The van der Waals surface area contributed by atoms with Crippen LogP contribution in [0.2, 0.25) is 4.34 Å². The van der Waals surface area contributed by atoms with Crippen molar-refractivity contribution in [2.45, 2.75) is 26.8 Å². The van der Waals surface area contributed by atoms with E-state index < -0.39 is 35.0 Å². The molecule has 2 heterocycles. The Balaban J connectivity index is 1.72. The van der Waals surface area contributed by atoms with Crippen molar-refractivity contribution in [3.63, 3.8) is 0 Å². The summed E-state index contributed by atoms with van der Waals surface area (Å²) in [6.45, 7) is 5.34. The fourth-order valence-electron chi connectivity index (χ4n) is 3.09. The molecule has 12 heteroatoms. The fourth-order valence-corrected chi connectivity index (χ4v) is 4.05. The molecule has 0 spiro atoms. The minimum atomic E-state index is -1.18. The molecule has 0 unspecified atom stereocenters. The van der Waals surface area contributed by atoms with Crippen LogP contribution in [-0.2, 0) is 19.1 Å². The molecule has 2 aromatic rings. The van der Waals surface area contributed by atoms with Gasteiger partial charge in [0, 0.05) is 24.2 Å². The van der Waals surface area contributed by atoms with Crippen molar-refractivity contribution in [2.24, 2.45) is 5.41 Å². The first-order valence-corrected chi connectivity index (χ1v) is 12.0. The molecule has 1 fully saturated rings. The highest BCUT2D eigenvalue weighted by Crippen LogP contribution is 2.24. The molecular weight excluding hydrogens is 499 g/mol. The monoisotopic (exact) mass is 524 g/mol. The lowest BCUT2D eigenvalue weighted by atomic mass is 9.95. The lowest BCUT2D eigenvalue weighted by molar-refractivity contribution is -0.132. The third-order valence-corrected chi connectivity index (χ3v) is 6.30. The number of amides is 4. The molecule has 3 N–H and O–H groups in total. The van der Waals surface area contributed by atoms with Gasteiger partial charge in [0.1, 0.15) is 18.5 Å². The highest BCUT2D eigenvalue weighted by Gasteiger charge is 2.29. The van der Waals surface area contributed by atoms with Gasteiger partial charge >= 0.3 is 0 Å². The number of nitrogens with zero attached hydrogens (tertiary/aromatic N) is 1. The second-order valence-electron chi connectivity index (χ2n) is 8.84. The van der Waals surface area contributed by atoms with Crippen LogP contribution in [0.25, 0.3) is 0 Å². The number of hydrogen-bond acceptors (Lipinski definition) is 6. The van der Waals surface area contributed by atoms with Crippen molar-refractivity contribution < 1.29 is 28.3 Å². The van der Waals surface area contributed by atoms with Gasteiger partial charge in [-0.05, 0) is 30.3 Å². The van der Waals surface area contributed by atoms with Crippen LogP contribution in [0.1, 0.15) is 30.4 Å². The van der Waals surface area contributed by atoms with E-state index >= 15 is 0 Å². The number of nitrogens with one attached hydrogen (secondary N) is 3. The Hall–Kier alpha value is -3.02. The van der Waals surface area contributed by atoms with Crippen molar-refractivity contribution in [2.75, 3.05) is 36.5 Å². The van der Waals surface area contributed by atoms with Crippen LogP contribution in [0.5, 0.6) is 0 Å². The number of halogens is 2. The minimum Gasteiger partial charge on any atom is -0.370 e. The number of carbonyl (C=O) groups excluding carboxylic acids is 4. The maximum atomic E-state index is 14.8. The molecule has 0 aliphatic carbocycles. The van der Waals surface area contributed by atoms with Crippen molar-refractivity contribution >= 4 is 57.9 Å². The van der Waals surface area contributed by atoms with Gasteiger partial charge in [-0.3, -0.25) is 19.2 Å². The van der Waals surface area contributed by atoms with E-state index in [4.69, 9.17) is 16.3 Å². The van der Waals surface area contributed by atoms with Gasteiger partial charge in [-0.15, -0.1) is 11.3 Å². The Morgan fingerprint density at radius 1 is 1.23 bits per heavy atom. The molecule has 35 heavy (non-hydrogen) atoms. The zero-order valence-corrected chi connectivity index (χ0v) is 21.0. The number of morpholine rings is 1. The van der Waals surface area contributed by atoms with Gasteiger partial charge in [-0.2, -0.15) is 0 Å². The molecule has 9 nitrogen and oxygen atoms in total. The van der Waals surface area contributed by atoms with E-state index in [-0.39, 0.29) is 24.7 Å². The first-order valence-electron chi connectivity index (χ1n) is 10.8. The van der Waals surface area contributed by atoms with Crippen LogP contribution in [-0.4, -0.2) is 56.0 Å². The summed E-state index contributed by atoms with van der Waals surface area (Å²) in [5, 5.41) is 7.64. The smallest absolute Gasteiger partial charge is 0.261 e. The summed E-state index contributed by atoms with van der Waals surface area (Å²) in [5.74, 6) is -2.65. The van der Waals surface area contributed by atoms with Crippen LogP contribution in [0.3, 0.4) is 0 Å². The molecule has 1 aliphatic rings. The number of carbonyl (C=O) groups is 4. The fraction of sp³-hybridized carbons (Fsp3) is 0.391. The first-order chi connectivity index (χ1) is 16.5. The Morgan fingerprint density at radius 2 is 1.97 bits per heavy atom. The van der Waals surface area contributed by atoms with E-state index in [9.17, 15) is 23.6 Å². The van der Waals surface area contributed by atoms with E-state index in [1.54, 1.807) is 32.9 Å². The summed E-state index contributed by atoms with van der Waals surface area (Å²) >= 11 is 6.94. The summed E-state index contributed by atoms with van der Waals surface area (Å²) in [6.07, 6.45) is 0. The third kappa shape index (κ3) is 7.00. The number of hydrogen-bond donors (Lipinski definition) is 3. The first kappa shape index (κ1) is 26.6. The van der Waals surface area contributed by atoms with E-state index in [0.717, 1.165) is 17.4 Å². The summed E-state index contributed by atoms with van der Waals surface area (Å²) in [5.41, 5.74) is -0.597. The van der Waals surface area contributed by atoms with Crippen molar-refractivity contribution in [3.8, 4) is 0 Å². The molecule has 188 valence electrons. The zero-order valence-electron chi connectivity index (χ0n) is 19.4. The van der Waals surface area contributed by atoms with Gasteiger partial charge in [-0.25, -0.2) is 4.39 Å². The molecular formula is C23H26ClFN4O5S. The topological polar surface area (TPSA) is 117 Å². The van der Waals surface area contributed by atoms with Crippen molar-refractivity contribution in [1.29, 1.82) is 0 Å². The Labute approximate surface area is 211 Å². The molecule has 3 rings (SSSR count). The molecule has 1 aromatic heterocycles. The zero-order chi connectivity index (χ0) is 25.8. The standard InChI is InChI=1S/C23H26ClFN4O5S/c1-23(2,3)22(33)28-16(11-26-21(32)17-6-7-18(24)35-17)20(31)27-15-5-4-13(10-14(15)25)29-8-9-34-12-19(29)30/h4-7,10,16H,8-9,11-12H2,1-3H3,(H,26,32)(H,27,31)(H,28,33)/t16-/m1/s1. The molecule has 4 amide bonds. The lowest BCUT2D eigenvalue weighted by Crippen LogP contribution is -2.53. The average molecular weight is 525 g/mol. The van der Waals surface area contributed by atoms with Crippen LogP contribution in [0.4, 0.5) is 15.8 Å². The maximum absolute atomic E-state index is 14.8. The number of benzene rings is 1. The number of ether oxygens (including phenoxy) is 1. The summed E-state index contributed by atoms with van der Waals surface area (Å²) in [6, 6.07) is 5.92. The Morgan fingerprint density at radius 3 is 2.57 bits per heavy atom. The van der Waals surface area contributed by atoms with Crippen LogP contribution >= 0.6 is 22.9 Å². The quantitative estimate of drug-likeness (QED) is 0.515. The largest absolute Gasteiger partial charge is 0.370 e. The molecule has 0 saturated carbocycles. The number of thiophene rings is 1. The molecule has 0 bridgehead atoms. The van der Waals surface area contributed by atoms with E-state index in [1.807, 2.05) is 0 Å². The predicted molar refractivity (Wildman–Crippen MR) is 131 cm³/mol. The SMILES string of the molecule is CC(C)(C)C(=O)N[C@H](CNC(=O)c1ccc(Cl)s1)C(=O)Nc1ccc(N2CCOCC2=O)cc1F. The Kier molecular flexibility index (Phi) is 8.47.